The van der Waals surface area contributed by atoms with Crippen LogP contribution in [0, 0.1) is 0 Å². The third kappa shape index (κ3) is 1.69. The number of hydrogen-bond donors (Lipinski definition) is 2. The largest absolute Gasteiger partial charge is 0.343 e. The molecule has 1 aromatic rings. The number of H-pyrrole nitrogens is 1. The first-order valence-electron chi connectivity index (χ1n) is 6.27. The Labute approximate surface area is 94.2 Å². The SMILES string of the molecule is O=c1[nH]c(C2CCCCN2)nn1C1CCC1. The van der Waals surface area contributed by atoms with Gasteiger partial charge in [-0.2, -0.15) is 5.10 Å². The van der Waals surface area contributed by atoms with Crippen LogP contribution in [-0.4, -0.2) is 21.3 Å². The van der Waals surface area contributed by atoms with E-state index in [-0.39, 0.29) is 11.7 Å². The van der Waals surface area contributed by atoms with E-state index in [0.29, 0.717) is 6.04 Å². The molecule has 2 heterocycles. The lowest BCUT2D eigenvalue weighted by atomic mass is 9.93. The molecule has 2 aliphatic rings. The average molecular weight is 222 g/mol. The molecule has 88 valence electrons. The van der Waals surface area contributed by atoms with Crippen LogP contribution in [0.2, 0.25) is 0 Å². The van der Waals surface area contributed by atoms with Crippen molar-refractivity contribution in [2.24, 2.45) is 0 Å². The van der Waals surface area contributed by atoms with E-state index < -0.39 is 0 Å². The Hall–Kier alpha value is -1.10. The van der Waals surface area contributed by atoms with Gasteiger partial charge in [0.05, 0.1) is 12.1 Å². The highest BCUT2D eigenvalue weighted by Gasteiger charge is 2.25. The molecule has 1 aromatic heterocycles. The number of aromatic nitrogens is 3. The summed E-state index contributed by atoms with van der Waals surface area (Å²) in [6.45, 7) is 1.03. The first-order chi connectivity index (χ1) is 7.84. The second-order valence-corrected chi connectivity index (χ2v) is 4.85. The molecular weight excluding hydrogens is 204 g/mol. The molecule has 0 amide bonds. The Morgan fingerprint density at radius 3 is 2.69 bits per heavy atom. The van der Waals surface area contributed by atoms with Gasteiger partial charge in [0, 0.05) is 0 Å². The van der Waals surface area contributed by atoms with Crippen molar-refractivity contribution >= 4 is 0 Å². The van der Waals surface area contributed by atoms with Crippen LogP contribution in [-0.2, 0) is 0 Å². The van der Waals surface area contributed by atoms with Gasteiger partial charge in [-0.25, -0.2) is 9.48 Å². The molecule has 5 nitrogen and oxygen atoms in total. The number of aromatic amines is 1. The Balaban J connectivity index is 1.82. The van der Waals surface area contributed by atoms with E-state index in [1.165, 1.54) is 19.3 Å². The number of piperidine rings is 1. The fourth-order valence-corrected chi connectivity index (χ4v) is 2.47. The van der Waals surface area contributed by atoms with Crippen molar-refractivity contribution in [3.05, 3.63) is 16.3 Å². The summed E-state index contributed by atoms with van der Waals surface area (Å²) in [5.74, 6) is 0.830. The highest BCUT2D eigenvalue weighted by atomic mass is 16.2. The second-order valence-electron chi connectivity index (χ2n) is 4.85. The van der Waals surface area contributed by atoms with Crippen LogP contribution >= 0.6 is 0 Å². The van der Waals surface area contributed by atoms with Crippen molar-refractivity contribution in [1.29, 1.82) is 0 Å². The Kier molecular flexibility index (Phi) is 2.55. The van der Waals surface area contributed by atoms with Gasteiger partial charge in [0.15, 0.2) is 0 Å². The molecule has 1 atom stereocenters. The average Bonchev–Trinajstić information content (AvgIpc) is 2.60. The molecule has 1 unspecified atom stereocenters. The van der Waals surface area contributed by atoms with Crippen molar-refractivity contribution in [3.8, 4) is 0 Å². The molecule has 0 radical (unpaired) electrons. The topological polar surface area (TPSA) is 62.7 Å². The number of nitrogens with one attached hydrogen (secondary N) is 2. The molecule has 1 saturated carbocycles. The smallest absolute Gasteiger partial charge is 0.307 e. The van der Waals surface area contributed by atoms with Crippen LogP contribution in [0.25, 0.3) is 0 Å². The van der Waals surface area contributed by atoms with Gasteiger partial charge < -0.3 is 5.32 Å². The highest BCUT2D eigenvalue weighted by molar-refractivity contribution is 4.95. The predicted octanol–water partition coefficient (Wildman–Crippen LogP) is 1.11. The minimum Gasteiger partial charge on any atom is -0.307 e. The standard InChI is InChI=1S/C11H18N4O/c16-11-13-10(9-6-1-2-7-12-9)14-15(11)8-4-3-5-8/h8-9,12H,1-7H2,(H,13,14,16). The zero-order valence-corrected chi connectivity index (χ0v) is 9.41. The van der Waals surface area contributed by atoms with E-state index in [4.69, 9.17) is 0 Å². The van der Waals surface area contributed by atoms with Gasteiger partial charge in [-0.05, 0) is 38.6 Å². The number of nitrogens with zero attached hydrogens (tertiary/aromatic N) is 2. The van der Waals surface area contributed by atoms with Gasteiger partial charge in [-0.3, -0.25) is 4.98 Å². The van der Waals surface area contributed by atoms with E-state index in [9.17, 15) is 4.79 Å². The molecule has 2 fully saturated rings. The number of rotatable bonds is 2. The monoisotopic (exact) mass is 222 g/mol. The Bertz CT molecular complexity index is 412. The summed E-state index contributed by atoms with van der Waals surface area (Å²) >= 11 is 0. The molecule has 0 aromatic carbocycles. The minimum atomic E-state index is -0.0351. The molecule has 5 heteroatoms. The fourth-order valence-electron chi connectivity index (χ4n) is 2.47. The van der Waals surface area contributed by atoms with Crippen LogP contribution in [0.4, 0.5) is 0 Å². The van der Waals surface area contributed by atoms with Gasteiger partial charge in [0.1, 0.15) is 5.82 Å². The molecule has 1 aliphatic heterocycles. The first-order valence-corrected chi connectivity index (χ1v) is 6.27. The summed E-state index contributed by atoms with van der Waals surface area (Å²) in [5, 5.41) is 7.85. The third-order valence-electron chi connectivity index (χ3n) is 3.72. The summed E-state index contributed by atoms with van der Waals surface area (Å²) in [6, 6.07) is 0.601. The molecule has 0 bridgehead atoms. The van der Waals surface area contributed by atoms with Crippen molar-refractivity contribution in [2.45, 2.75) is 50.6 Å². The molecule has 0 spiro atoms. The Morgan fingerprint density at radius 1 is 1.19 bits per heavy atom. The Morgan fingerprint density at radius 2 is 2.06 bits per heavy atom. The summed E-state index contributed by atoms with van der Waals surface area (Å²) in [4.78, 5) is 14.6. The van der Waals surface area contributed by atoms with E-state index in [2.05, 4.69) is 15.4 Å². The van der Waals surface area contributed by atoms with Crippen LogP contribution in [0.1, 0.15) is 56.4 Å². The van der Waals surface area contributed by atoms with Crippen LogP contribution < -0.4 is 11.0 Å². The second kappa shape index (κ2) is 4.05. The van der Waals surface area contributed by atoms with Crippen molar-refractivity contribution in [3.63, 3.8) is 0 Å². The lowest BCUT2D eigenvalue weighted by Crippen LogP contribution is -2.28. The summed E-state index contributed by atoms with van der Waals surface area (Å²) in [7, 11) is 0. The molecule has 2 N–H and O–H groups in total. The lowest BCUT2D eigenvalue weighted by Gasteiger charge is -2.24. The molecule has 1 aliphatic carbocycles. The normalized spacial score (nSPS) is 26.6. The van der Waals surface area contributed by atoms with Gasteiger partial charge in [-0.15, -0.1) is 0 Å². The van der Waals surface area contributed by atoms with E-state index in [1.54, 1.807) is 4.68 Å². The van der Waals surface area contributed by atoms with E-state index in [0.717, 1.165) is 31.6 Å². The lowest BCUT2D eigenvalue weighted by molar-refractivity contribution is 0.279. The quantitative estimate of drug-likeness (QED) is 0.788. The highest BCUT2D eigenvalue weighted by Crippen LogP contribution is 2.30. The maximum absolute atomic E-state index is 11.7. The predicted molar refractivity (Wildman–Crippen MR) is 60.3 cm³/mol. The minimum absolute atomic E-state index is 0.0351. The van der Waals surface area contributed by atoms with Gasteiger partial charge in [-0.1, -0.05) is 6.42 Å². The van der Waals surface area contributed by atoms with Crippen LogP contribution in [0.5, 0.6) is 0 Å². The fraction of sp³-hybridized carbons (Fsp3) is 0.818. The van der Waals surface area contributed by atoms with E-state index >= 15 is 0 Å². The zero-order valence-electron chi connectivity index (χ0n) is 9.41. The summed E-state index contributed by atoms with van der Waals surface area (Å²) in [5.41, 5.74) is -0.0351. The van der Waals surface area contributed by atoms with Crippen LogP contribution in [0.15, 0.2) is 4.79 Å². The summed E-state index contributed by atoms with van der Waals surface area (Å²) < 4.78 is 1.65. The maximum Gasteiger partial charge on any atom is 0.343 e. The zero-order chi connectivity index (χ0) is 11.0. The summed E-state index contributed by atoms with van der Waals surface area (Å²) in [6.07, 6.45) is 6.95. The van der Waals surface area contributed by atoms with Gasteiger partial charge in [0.25, 0.3) is 0 Å². The van der Waals surface area contributed by atoms with E-state index in [1.807, 2.05) is 0 Å². The van der Waals surface area contributed by atoms with Crippen molar-refractivity contribution in [1.82, 2.24) is 20.1 Å². The molecule has 3 rings (SSSR count). The first kappa shape index (κ1) is 10.1. The number of hydrogen-bond acceptors (Lipinski definition) is 3. The van der Waals surface area contributed by atoms with Crippen molar-refractivity contribution in [2.75, 3.05) is 6.54 Å². The van der Waals surface area contributed by atoms with Gasteiger partial charge >= 0.3 is 5.69 Å². The van der Waals surface area contributed by atoms with Crippen LogP contribution in [0.3, 0.4) is 0 Å². The molecular formula is C11H18N4O. The van der Waals surface area contributed by atoms with Gasteiger partial charge in [0.2, 0.25) is 0 Å². The van der Waals surface area contributed by atoms with Crippen molar-refractivity contribution < 1.29 is 0 Å². The third-order valence-corrected chi connectivity index (χ3v) is 3.72. The molecule has 1 saturated heterocycles. The maximum atomic E-state index is 11.7. The molecule has 16 heavy (non-hydrogen) atoms.